The number of halogens is 3. The second-order valence-corrected chi connectivity index (χ2v) is 8.23. The van der Waals surface area contributed by atoms with E-state index in [0.29, 0.717) is 41.0 Å². The maximum absolute atomic E-state index is 13.3. The van der Waals surface area contributed by atoms with Crippen LogP contribution in [-0.4, -0.2) is 29.1 Å². The SMILES string of the molecule is CC1CCN(c2nc(C(F)(F)F)ccc2CNC(=O)Nc2cccc3cc[nH]c(=O)c23)CC1. The first-order chi connectivity index (χ1) is 15.7. The van der Waals surface area contributed by atoms with E-state index in [1.807, 2.05) is 4.90 Å². The van der Waals surface area contributed by atoms with Crippen LogP contribution in [0, 0.1) is 5.92 Å². The van der Waals surface area contributed by atoms with E-state index in [9.17, 15) is 22.8 Å². The topological polar surface area (TPSA) is 90.1 Å². The van der Waals surface area contributed by atoms with Gasteiger partial charge in [-0.25, -0.2) is 9.78 Å². The minimum atomic E-state index is -4.55. The van der Waals surface area contributed by atoms with E-state index in [2.05, 4.69) is 27.5 Å². The molecule has 0 aliphatic carbocycles. The van der Waals surface area contributed by atoms with Crippen molar-refractivity contribution in [2.75, 3.05) is 23.3 Å². The third-order valence-electron chi connectivity index (χ3n) is 5.82. The van der Waals surface area contributed by atoms with Gasteiger partial charge < -0.3 is 20.5 Å². The molecule has 3 aromatic rings. The Labute approximate surface area is 188 Å². The van der Waals surface area contributed by atoms with E-state index in [0.717, 1.165) is 18.9 Å². The van der Waals surface area contributed by atoms with Crippen LogP contribution in [0.25, 0.3) is 10.8 Å². The monoisotopic (exact) mass is 459 g/mol. The predicted octanol–water partition coefficient (Wildman–Crippen LogP) is 4.50. The molecule has 0 saturated carbocycles. The Morgan fingerprint density at radius 1 is 1.18 bits per heavy atom. The number of pyridine rings is 2. The highest BCUT2D eigenvalue weighted by atomic mass is 19.4. The molecule has 3 heterocycles. The number of alkyl halides is 3. The van der Waals surface area contributed by atoms with Gasteiger partial charge in [0.05, 0.1) is 11.1 Å². The maximum Gasteiger partial charge on any atom is 0.433 e. The van der Waals surface area contributed by atoms with E-state index in [1.165, 1.54) is 12.3 Å². The number of fused-ring (bicyclic) bond motifs is 1. The summed E-state index contributed by atoms with van der Waals surface area (Å²) in [5.41, 5.74) is -0.470. The molecule has 1 saturated heterocycles. The van der Waals surface area contributed by atoms with Gasteiger partial charge in [-0.1, -0.05) is 25.1 Å². The van der Waals surface area contributed by atoms with Gasteiger partial charge in [-0.3, -0.25) is 4.79 Å². The summed E-state index contributed by atoms with van der Waals surface area (Å²) < 4.78 is 39.8. The quantitative estimate of drug-likeness (QED) is 0.536. The Morgan fingerprint density at radius 3 is 2.67 bits per heavy atom. The summed E-state index contributed by atoms with van der Waals surface area (Å²) in [5.74, 6) is 0.738. The minimum Gasteiger partial charge on any atom is -0.356 e. The first kappa shape index (κ1) is 22.6. The standard InChI is InChI=1S/C23H24F3N5O2/c1-14-8-11-31(12-9-14)20-16(5-6-18(30-20)23(24,25)26)13-28-22(33)29-17-4-2-3-15-7-10-27-21(32)19(15)17/h2-7,10,14H,8-9,11-13H2,1H3,(H,27,32)(H2,28,29,33). The van der Waals surface area contributed by atoms with E-state index in [-0.39, 0.29) is 17.9 Å². The molecule has 3 N–H and O–H groups in total. The number of nitrogens with one attached hydrogen (secondary N) is 3. The van der Waals surface area contributed by atoms with Crippen molar-refractivity contribution in [3.8, 4) is 0 Å². The van der Waals surface area contributed by atoms with Crippen LogP contribution in [0.2, 0.25) is 0 Å². The summed E-state index contributed by atoms with van der Waals surface area (Å²) in [4.78, 5) is 33.0. The summed E-state index contributed by atoms with van der Waals surface area (Å²) in [6.07, 6.45) is -1.31. The minimum absolute atomic E-state index is 0.0144. The molecule has 2 amide bonds. The van der Waals surface area contributed by atoms with Crippen LogP contribution in [0.4, 0.5) is 29.5 Å². The number of rotatable bonds is 4. The number of carbonyl (C=O) groups is 1. The van der Waals surface area contributed by atoms with Crippen molar-refractivity contribution in [3.63, 3.8) is 0 Å². The van der Waals surface area contributed by atoms with Gasteiger partial charge in [0, 0.05) is 31.4 Å². The summed E-state index contributed by atoms with van der Waals surface area (Å²) >= 11 is 0. The van der Waals surface area contributed by atoms with E-state index >= 15 is 0 Å². The van der Waals surface area contributed by atoms with Crippen LogP contribution in [0.1, 0.15) is 31.0 Å². The highest BCUT2D eigenvalue weighted by Gasteiger charge is 2.34. The van der Waals surface area contributed by atoms with Gasteiger partial charge in [0.1, 0.15) is 11.5 Å². The predicted molar refractivity (Wildman–Crippen MR) is 120 cm³/mol. The van der Waals surface area contributed by atoms with E-state index in [4.69, 9.17) is 0 Å². The first-order valence-electron chi connectivity index (χ1n) is 10.7. The number of urea groups is 1. The number of amides is 2. The number of hydrogen-bond donors (Lipinski definition) is 3. The molecule has 0 bridgehead atoms. The number of hydrogen-bond acceptors (Lipinski definition) is 4. The Kier molecular flexibility index (Phi) is 6.26. The molecule has 7 nitrogen and oxygen atoms in total. The lowest BCUT2D eigenvalue weighted by molar-refractivity contribution is -0.141. The number of carbonyl (C=O) groups excluding carboxylic acids is 1. The molecule has 0 radical (unpaired) electrons. The van der Waals surface area contributed by atoms with Crippen molar-refractivity contribution in [1.82, 2.24) is 15.3 Å². The van der Waals surface area contributed by atoms with Gasteiger partial charge >= 0.3 is 12.2 Å². The lowest BCUT2D eigenvalue weighted by Crippen LogP contribution is -2.36. The molecule has 1 aliphatic rings. The highest BCUT2D eigenvalue weighted by molar-refractivity contribution is 6.01. The Balaban J connectivity index is 1.53. The molecule has 0 unspecified atom stereocenters. The molecule has 1 aliphatic heterocycles. The molecule has 4 rings (SSSR count). The number of aromatic nitrogens is 2. The number of anilines is 2. The van der Waals surface area contributed by atoms with Crippen LogP contribution in [-0.2, 0) is 12.7 Å². The smallest absolute Gasteiger partial charge is 0.356 e. The summed E-state index contributed by atoms with van der Waals surface area (Å²) in [7, 11) is 0. The molecule has 0 atom stereocenters. The molecule has 33 heavy (non-hydrogen) atoms. The molecule has 1 aromatic carbocycles. The number of piperidine rings is 1. The summed E-state index contributed by atoms with van der Waals surface area (Å²) in [6.45, 7) is 3.31. The Hall–Kier alpha value is -3.56. The average molecular weight is 459 g/mol. The van der Waals surface area contributed by atoms with Crippen molar-refractivity contribution in [3.05, 3.63) is 64.2 Å². The Morgan fingerprint density at radius 2 is 1.94 bits per heavy atom. The molecule has 10 heteroatoms. The van der Waals surface area contributed by atoms with E-state index < -0.39 is 17.9 Å². The average Bonchev–Trinajstić information content (AvgIpc) is 2.78. The fourth-order valence-corrected chi connectivity index (χ4v) is 3.96. The zero-order chi connectivity index (χ0) is 23.6. The first-order valence-corrected chi connectivity index (χ1v) is 10.7. The summed E-state index contributed by atoms with van der Waals surface area (Å²) in [6, 6.07) is 8.50. The van der Waals surface area contributed by atoms with Crippen LogP contribution in [0.5, 0.6) is 0 Å². The van der Waals surface area contributed by atoms with Gasteiger partial charge in [0.15, 0.2) is 0 Å². The normalized spacial score (nSPS) is 15.0. The fourth-order valence-electron chi connectivity index (χ4n) is 3.96. The van der Waals surface area contributed by atoms with Crippen molar-refractivity contribution >= 4 is 28.3 Å². The van der Waals surface area contributed by atoms with Crippen molar-refractivity contribution in [1.29, 1.82) is 0 Å². The zero-order valence-corrected chi connectivity index (χ0v) is 18.0. The summed E-state index contributed by atoms with van der Waals surface area (Å²) in [5, 5.41) is 6.33. The number of nitrogens with zero attached hydrogens (tertiary/aromatic N) is 2. The zero-order valence-electron chi connectivity index (χ0n) is 18.0. The largest absolute Gasteiger partial charge is 0.433 e. The van der Waals surface area contributed by atoms with Crippen LogP contribution in [0.3, 0.4) is 0 Å². The molecule has 1 fully saturated rings. The second kappa shape index (κ2) is 9.13. The number of aromatic amines is 1. The molecule has 174 valence electrons. The second-order valence-electron chi connectivity index (χ2n) is 8.23. The van der Waals surface area contributed by atoms with Crippen molar-refractivity contribution in [2.45, 2.75) is 32.5 Å². The Bertz CT molecular complexity index is 1210. The molecular formula is C23H24F3N5O2. The van der Waals surface area contributed by atoms with Gasteiger partial charge in [-0.15, -0.1) is 0 Å². The number of benzene rings is 1. The van der Waals surface area contributed by atoms with Crippen LogP contribution in [0.15, 0.2) is 47.4 Å². The lowest BCUT2D eigenvalue weighted by Gasteiger charge is -2.33. The van der Waals surface area contributed by atoms with Gasteiger partial charge in [-0.2, -0.15) is 13.2 Å². The third-order valence-corrected chi connectivity index (χ3v) is 5.82. The van der Waals surface area contributed by atoms with Crippen molar-refractivity contribution < 1.29 is 18.0 Å². The highest BCUT2D eigenvalue weighted by Crippen LogP contribution is 2.32. The van der Waals surface area contributed by atoms with Gasteiger partial charge in [0.25, 0.3) is 5.56 Å². The lowest BCUT2D eigenvalue weighted by atomic mass is 9.99. The molecule has 2 aromatic heterocycles. The van der Waals surface area contributed by atoms with Crippen LogP contribution >= 0.6 is 0 Å². The van der Waals surface area contributed by atoms with Gasteiger partial charge in [-0.05, 0) is 42.3 Å². The van der Waals surface area contributed by atoms with Gasteiger partial charge in [0.2, 0.25) is 0 Å². The third kappa shape index (κ3) is 5.10. The molecule has 0 spiro atoms. The van der Waals surface area contributed by atoms with E-state index in [1.54, 1.807) is 24.3 Å². The maximum atomic E-state index is 13.3. The number of H-pyrrole nitrogens is 1. The molecular weight excluding hydrogens is 435 g/mol. The van der Waals surface area contributed by atoms with Crippen LogP contribution < -0.4 is 21.1 Å². The fraction of sp³-hybridized carbons (Fsp3) is 0.348. The van der Waals surface area contributed by atoms with Crippen molar-refractivity contribution in [2.24, 2.45) is 5.92 Å².